The zero-order chi connectivity index (χ0) is 29.9. The first-order chi connectivity index (χ1) is 19.4. The molecule has 0 aliphatic carbocycles. The fraction of sp³-hybridized carbons (Fsp3) is 0.300. The number of hydrogen-bond donors (Lipinski definition) is 5. The first-order valence-corrected chi connectivity index (χ1v) is 14.7. The highest BCUT2D eigenvalue weighted by Crippen LogP contribution is 2.57. The molecule has 10 nitrogen and oxygen atoms in total. The van der Waals surface area contributed by atoms with Crippen molar-refractivity contribution in [2.75, 3.05) is 13.1 Å². The molecule has 0 saturated heterocycles. The number of rotatable bonds is 9. The molecule has 4 rings (SSSR count). The van der Waals surface area contributed by atoms with E-state index in [0.29, 0.717) is 28.3 Å². The van der Waals surface area contributed by atoms with Crippen molar-refractivity contribution in [2.45, 2.75) is 50.7 Å². The van der Waals surface area contributed by atoms with Crippen LogP contribution >= 0.6 is 10.8 Å². The van der Waals surface area contributed by atoms with E-state index in [9.17, 15) is 33.7 Å². The summed E-state index contributed by atoms with van der Waals surface area (Å²) < 4.78 is 30.2. The van der Waals surface area contributed by atoms with Crippen LogP contribution in [0.2, 0.25) is 0 Å². The fourth-order valence-electron chi connectivity index (χ4n) is 4.99. The van der Waals surface area contributed by atoms with Gasteiger partial charge in [-0.1, -0.05) is 36.4 Å². The van der Waals surface area contributed by atoms with Gasteiger partial charge in [0.25, 0.3) is 5.91 Å². The molecule has 0 spiro atoms. The Morgan fingerprint density at radius 3 is 2.39 bits per heavy atom. The van der Waals surface area contributed by atoms with Crippen molar-refractivity contribution in [1.82, 2.24) is 9.62 Å². The summed E-state index contributed by atoms with van der Waals surface area (Å²) in [5.74, 6) is -3.17. The molecule has 2 atom stereocenters. The van der Waals surface area contributed by atoms with Gasteiger partial charge in [-0.2, -0.15) is 4.31 Å². The van der Waals surface area contributed by atoms with E-state index in [0.717, 1.165) is 11.1 Å². The zero-order valence-electron chi connectivity index (χ0n) is 23.0. The smallest absolute Gasteiger partial charge is 0.336 e. The molecule has 41 heavy (non-hydrogen) atoms. The molecule has 1 amide bonds. The fourth-order valence-corrected chi connectivity index (χ4v) is 6.65. The number of aromatic carboxylic acids is 1. The largest absolute Gasteiger partial charge is 0.487 e. The summed E-state index contributed by atoms with van der Waals surface area (Å²) in [7, 11) is -3.39. The van der Waals surface area contributed by atoms with E-state index in [1.807, 2.05) is 26.0 Å². The highest BCUT2D eigenvalue weighted by Gasteiger charge is 2.34. The number of ether oxygens (including phenoxy) is 1. The molecule has 5 N–H and O–H groups in total. The minimum atomic E-state index is -3.39. The molecule has 3 aromatic rings. The predicted octanol–water partition coefficient (Wildman–Crippen LogP) is 5.36. The third-order valence-corrected chi connectivity index (χ3v) is 8.98. The van der Waals surface area contributed by atoms with Crippen LogP contribution in [-0.2, 0) is 11.3 Å². The minimum absolute atomic E-state index is 0.0502. The van der Waals surface area contributed by atoms with Crippen molar-refractivity contribution in [1.29, 1.82) is 0 Å². The molecule has 218 valence electrons. The normalized spacial score (nSPS) is 17.8. The molecular formula is C30H34N2O8S. The number of carbonyl (C=O) groups excluding carboxylic acids is 1. The first-order valence-electron chi connectivity index (χ1n) is 13.2. The van der Waals surface area contributed by atoms with Crippen LogP contribution in [0.15, 0.2) is 65.6 Å². The molecule has 1 heterocycles. The number of carbonyl (C=O) groups is 3. The summed E-state index contributed by atoms with van der Waals surface area (Å²) in [6.45, 7) is 6.15. The van der Waals surface area contributed by atoms with Gasteiger partial charge in [-0.15, -0.1) is 10.8 Å². The van der Waals surface area contributed by atoms with Crippen molar-refractivity contribution < 1.29 is 38.4 Å². The Morgan fingerprint density at radius 2 is 1.71 bits per heavy atom. The molecule has 0 aromatic heterocycles. The maximum absolute atomic E-state index is 12.7. The van der Waals surface area contributed by atoms with E-state index in [-0.39, 0.29) is 36.7 Å². The van der Waals surface area contributed by atoms with Gasteiger partial charge in [0.2, 0.25) is 0 Å². The lowest BCUT2D eigenvalue weighted by Crippen LogP contribution is -2.33. The lowest BCUT2D eigenvalue weighted by molar-refractivity contribution is -0.137. The third kappa shape index (κ3) is 6.54. The van der Waals surface area contributed by atoms with Crippen LogP contribution in [0.5, 0.6) is 5.75 Å². The van der Waals surface area contributed by atoms with Crippen LogP contribution in [0.4, 0.5) is 0 Å². The Balaban J connectivity index is 1.75. The van der Waals surface area contributed by atoms with Crippen LogP contribution in [0.1, 0.15) is 69.2 Å². The average molecular weight is 583 g/mol. The quantitative estimate of drug-likeness (QED) is 0.224. The van der Waals surface area contributed by atoms with Gasteiger partial charge in [-0.05, 0) is 67.3 Å². The Bertz CT molecular complexity index is 1470. The lowest BCUT2D eigenvalue weighted by Gasteiger charge is -2.42. The van der Waals surface area contributed by atoms with Crippen LogP contribution in [0.3, 0.4) is 0 Å². The molecule has 1 aliphatic heterocycles. The third-order valence-electron chi connectivity index (χ3n) is 7.05. The first kappa shape index (κ1) is 30.1. The number of hydrogen-bond acceptors (Lipinski definition) is 7. The number of nitrogens with one attached hydrogen (secondary N) is 1. The van der Waals surface area contributed by atoms with Crippen molar-refractivity contribution in [3.63, 3.8) is 0 Å². The molecule has 0 radical (unpaired) electrons. The summed E-state index contributed by atoms with van der Waals surface area (Å²) in [5, 5.41) is 22.0. The van der Waals surface area contributed by atoms with E-state index in [1.165, 1.54) is 18.2 Å². The average Bonchev–Trinajstić information content (AvgIpc) is 3.01. The number of aliphatic carboxylic acids is 1. The van der Waals surface area contributed by atoms with Crippen LogP contribution in [0, 0.1) is 6.92 Å². The number of para-hydroxylation sites is 1. The summed E-state index contributed by atoms with van der Waals surface area (Å²) in [6, 6.07) is 16.6. The highest BCUT2D eigenvalue weighted by molar-refractivity contribution is 8.22. The predicted molar refractivity (Wildman–Crippen MR) is 155 cm³/mol. The summed E-state index contributed by atoms with van der Waals surface area (Å²) >= 11 is 0. The van der Waals surface area contributed by atoms with Crippen LogP contribution in [-0.4, -0.2) is 60.7 Å². The van der Waals surface area contributed by atoms with E-state index < -0.39 is 34.5 Å². The van der Waals surface area contributed by atoms with Crippen molar-refractivity contribution in [3.05, 3.63) is 94.0 Å². The Kier molecular flexibility index (Phi) is 9.03. The second-order valence-electron chi connectivity index (χ2n) is 10.0. The number of fused-ring (bicyclic) bond motifs is 1. The number of nitrogens with zero attached hydrogens (tertiary/aromatic N) is 1. The van der Waals surface area contributed by atoms with Gasteiger partial charge in [-0.25, -0.2) is 4.79 Å². The molecule has 1 unspecified atom stereocenters. The Hall–Kier alpha value is -3.90. The summed E-state index contributed by atoms with van der Waals surface area (Å²) in [5.41, 5.74) is 2.51. The number of benzene rings is 3. The molecule has 0 fully saturated rings. The minimum Gasteiger partial charge on any atom is -0.487 e. The Morgan fingerprint density at radius 1 is 1.02 bits per heavy atom. The van der Waals surface area contributed by atoms with Crippen LogP contribution in [0.25, 0.3) is 0 Å². The van der Waals surface area contributed by atoms with Gasteiger partial charge in [-0.3, -0.25) is 18.7 Å². The molecule has 3 aromatic carbocycles. The zero-order valence-corrected chi connectivity index (χ0v) is 23.9. The van der Waals surface area contributed by atoms with E-state index >= 15 is 0 Å². The van der Waals surface area contributed by atoms with E-state index in [1.54, 1.807) is 41.6 Å². The van der Waals surface area contributed by atoms with Gasteiger partial charge in [0, 0.05) is 19.0 Å². The monoisotopic (exact) mass is 582 g/mol. The van der Waals surface area contributed by atoms with Gasteiger partial charge in [0.15, 0.2) is 0 Å². The molecule has 11 heteroatoms. The van der Waals surface area contributed by atoms with Gasteiger partial charge in [0.1, 0.15) is 16.7 Å². The topological polar surface area (TPSA) is 157 Å². The van der Waals surface area contributed by atoms with E-state index in [4.69, 9.17) is 4.74 Å². The van der Waals surface area contributed by atoms with Crippen molar-refractivity contribution >= 4 is 28.6 Å². The number of aryl methyl sites for hydroxylation is 1. The summed E-state index contributed by atoms with van der Waals surface area (Å²) in [4.78, 5) is 36.7. The van der Waals surface area contributed by atoms with Crippen LogP contribution < -0.4 is 10.1 Å². The number of carboxylic acid groups (broad SMARTS) is 2. The lowest BCUT2D eigenvalue weighted by atomic mass is 9.85. The van der Waals surface area contributed by atoms with E-state index in [2.05, 4.69) is 5.32 Å². The second kappa shape index (κ2) is 12.3. The molecular weight excluding hydrogens is 548 g/mol. The molecule has 0 bridgehead atoms. The number of carboxylic acids is 2. The van der Waals surface area contributed by atoms with Crippen molar-refractivity contribution in [2.24, 2.45) is 0 Å². The maximum atomic E-state index is 12.7. The van der Waals surface area contributed by atoms with Gasteiger partial charge < -0.3 is 20.3 Å². The number of amides is 1. The second-order valence-corrected chi connectivity index (χ2v) is 12.0. The SMILES string of the molecule is CCNC(=O)c1cc(C(CC(=O)O)c2ccc(C)c(CN3C[C@@H](C)Oc4ccccc4S3(O)O)c2)ccc1C(=O)O. The molecule has 1 aliphatic rings. The van der Waals surface area contributed by atoms with Crippen molar-refractivity contribution in [3.8, 4) is 5.75 Å². The highest BCUT2D eigenvalue weighted by atomic mass is 32.3. The summed E-state index contributed by atoms with van der Waals surface area (Å²) in [6.07, 6.45) is -0.630. The van der Waals surface area contributed by atoms with Gasteiger partial charge >= 0.3 is 11.9 Å². The molecule has 0 saturated carbocycles. The Labute approximate surface area is 240 Å². The standard InChI is InChI=1S/C30H34N2O8S/c1-4-31-29(35)25-14-21(11-12-23(25)30(36)37)24(15-28(33)34)20-10-9-18(2)22(13-20)17-32-16-19(3)40-26-7-5-6-8-27(26)41(32,38)39/h5-14,19,24,38-39H,4,15-17H2,1-3H3,(H,31,35)(H,33,34)(H,36,37)/t19-,24?/m1/s1. The maximum Gasteiger partial charge on any atom is 0.336 e. The van der Waals surface area contributed by atoms with Gasteiger partial charge in [0.05, 0.1) is 24.1 Å².